The molecule has 0 atom stereocenters. The van der Waals surface area contributed by atoms with Crippen molar-refractivity contribution in [1.29, 1.82) is 0 Å². The lowest BCUT2D eigenvalue weighted by Gasteiger charge is -2.26. The standard InChI is InChI=1S/C35H53N7O3/c1-4-31-29(33(39-27-14-10-9-11-15-27)30-25-37-42(5-2)34(30)40-31)24-36-35(45)26-17-19-28(20-18-26)38-32(44)16-12-7-6-8-13-21-41(3)22-23-43/h17-20,25,27,43H,4-16,21-24H2,1-3H3,(H,36,45)(H,38,44)(H,39,40). The van der Waals surface area contributed by atoms with Crippen LogP contribution in [0.5, 0.6) is 0 Å². The van der Waals surface area contributed by atoms with Crippen LogP contribution in [-0.2, 0) is 24.3 Å². The van der Waals surface area contributed by atoms with E-state index in [1.165, 1.54) is 19.3 Å². The first-order valence-electron chi connectivity index (χ1n) is 17.0. The topological polar surface area (TPSA) is 124 Å². The average molecular weight is 620 g/mol. The fraction of sp³-hybridized carbons (Fsp3) is 0.600. The molecule has 3 aromatic rings. The number of pyridine rings is 1. The lowest BCUT2D eigenvalue weighted by atomic mass is 9.94. The van der Waals surface area contributed by atoms with E-state index in [4.69, 9.17) is 10.1 Å². The number of likely N-dealkylation sites (N-methyl/N-ethyl adjacent to an activating group) is 1. The maximum Gasteiger partial charge on any atom is 0.251 e. The Hall–Kier alpha value is -3.50. The van der Waals surface area contributed by atoms with Gasteiger partial charge in [0.25, 0.3) is 5.91 Å². The van der Waals surface area contributed by atoms with Gasteiger partial charge in [-0.25, -0.2) is 9.67 Å². The number of hydrogen-bond donors (Lipinski definition) is 4. The van der Waals surface area contributed by atoms with Crippen LogP contribution in [0.1, 0.15) is 106 Å². The molecule has 2 aromatic heterocycles. The summed E-state index contributed by atoms with van der Waals surface area (Å²) in [5.74, 6) is -0.167. The fourth-order valence-electron chi connectivity index (χ4n) is 6.18. The van der Waals surface area contributed by atoms with Crippen molar-refractivity contribution < 1.29 is 14.7 Å². The Morgan fingerprint density at radius 1 is 1.00 bits per heavy atom. The predicted octanol–water partition coefficient (Wildman–Crippen LogP) is 5.89. The molecular weight excluding hydrogens is 566 g/mol. The molecule has 45 heavy (non-hydrogen) atoms. The number of carbonyl (C=O) groups excluding carboxylic acids is 2. The fourth-order valence-corrected chi connectivity index (χ4v) is 6.18. The number of hydrogen-bond acceptors (Lipinski definition) is 7. The first kappa shape index (κ1) is 34.4. The molecule has 0 unspecified atom stereocenters. The number of unbranched alkanes of at least 4 members (excludes halogenated alkanes) is 4. The Kier molecular flexibility index (Phi) is 13.6. The third-order valence-corrected chi connectivity index (χ3v) is 8.84. The molecule has 4 N–H and O–H groups in total. The minimum atomic E-state index is -0.162. The number of carbonyl (C=O) groups is 2. The molecule has 0 aliphatic heterocycles. The van der Waals surface area contributed by atoms with Crippen LogP contribution >= 0.6 is 0 Å². The molecule has 2 heterocycles. The van der Waals surface area contributed by atoms with Crippen molar-refractivity contribution in [3.63, 3.8) is 0 Å². The van der Waals surface area contributed by atoms with E-state index in [9.17, 15) is 9.59 Å². The lowest BCUT2D eigenvalue weighted by molar-refractivity contribution is -0.116. The lowest BCUT2D eigenvalue weighted by Crippen LogP contribution is -2.27. The van der Waals surface area contributed by atoms with Gasteiger partial charge in [0.05, 0.1) is 23.9 Å². The van der Waals surface area contributed by atoms with Crippen LogP contribution in [0.4, 0.5) is 11.4 Å². The molecule has 246 valence electrons. The Bertz CT molecular complexity index is 1370. The van der Waals surface area contributed by atoms with E-state index < -0.39 is 0 Å². The number of aliphatic hydroxyl groups is 1. The van der Waals surface area contributed by atoms with E-state index >= 15 is 0 Å². The normalized spacial score (nSPS) is 13.8. The highest BCUT2D eigenvalue weighted by Gasteiger charge is 2.22. The zero-order valence-electron chi connectivity index (χ0n) is 27.5. The van der Waals surface area contributed by atoms with E-state index in [2.05, 4.69) is 39.8 Å². The second-order valence-electron chi connectivity index (χ2n) is 12.3. The Labute approximate surface area is 268 Å². The minimum absolute atomic E-state index is 0.00532. The number of aliphatic hydroxyl groups excluding tert-OH is 1. The van der Waals surface area contributed by atoms with Gasteiger partial charge in [0.15, 0.2) is 5.65 Å². The Morgan fingerprint density at radius 3 is 2.44 bits per heavy atom. The molecular formula is C35H53N7O3. The van der Waals surface area contributed by atoms with Crippen molar-refractivity contribution in [2.75, 3.05) is 37.4 Å². The zero-order chi connectivity index (χ0) is 32.0. The van der Waals surface area contributed by atoms with E-state index in [1.54, 1.807) is 24.3 Å². The van der Waals surface area contributed by atoms with Gasteiger partial charge in [0.2, 0.25) is 5.91 Å². The zero-order valence-corrected chi connectivity index (χ0v) is 27.5. The number of amides is 2. The third kappa shape index (κ3) is 9.99. The third-order valence-electron chi connectivity index (χ3n) is 8.84. The second kappa shape index (κ2) is 17.8. The van der Waals surface area contributed by atoms with Crippen LogP contribution < -0.4 is 16.0 Å². The second-order valence-corrected chi connectivity index (χ2v) is 12.3. The quantitative estimate of drug-likeness (QED) is 0.131. The highest BCUT2D eigenvalue weighted by atomic mass is 16.3. The van der Waals surface area contributed by atoms with Crippen LogP contribution in [0, 0.1) is 0 Å². The van der Waals surface area contributed by atoms with Gasteiger partial charge in [-0.05, 0) is 76.9 Å². The van der Waals surface area contributed by atoms with E-state index in [0.29, 0.717) is 36.8 Å². The highest BCUT2D eigenvalue weighted by Crippen LogP contribution is 2.32. The highest BCUT2D eigenvalue weighted by molar-refractivity contribution is 5.96. The van der Waals surface area contributed by atoms with Gasteiger partial charge < -0.3 is 26.0 Å². The first-order chi connectivity index (χ1) is 21.9. The molecule has 0 bridgehead atoms. The average Bonchev–Trinajstić information content (AvgIpc) is 3.47. The van der Waals surface area contributed by atoms with E-state index in [-0.39, 0.29) is 18.4 Å². The SMILES string of the molecule is CCc1nc2c(cnn2CC)c(NC2CCCCC2)c1CNC(=O)c1ccc(NC(=O)CCCCCCCN(C)CCO)cc1. The molecule has 1 saturated carbocycles. The van der Waals surface area contributed by atoms with Crippen LogP contribution in [-0.4, -0.2) is 69.4 Å². The minimum Gasteiger partial charge on any atom is -0.395 e. The smallest absolute Gasteiger partial charge is 0.251 e. The number of nitrogens with one attached hydrogen (secondary N) is 3. The van der Waals surface area contributed by atoms with E-state index in [1.807, 2.05) is 17.9 Å². The van der Waals surface area contributed by atoms with Crippen LogP contribution in [0.15, 0.2) is 30.5 Å². The number of aryl methyl sites for hydroxylation is 2. The summed E-state index contributed by atoms with van der Waals surface area (Å²) in [5, 5.41) is 24.5. The Balaban J connectivity index is 1.30. The number of rotatable bonds is 18. The largest absolute Gasteiger partial charge is 0.395 e. The summed E-state index contributed by atoms with van der Waals surface area (Å²) in [4.78, 5) is 32.8. The number of aromatic nitrogens is 3. The molecule has 10 nitrogen and oxygen atoms in total. The van der Waals surface area contributed by atoms with Gasteiger partial charge >= 0.3 is 0 Å². The number of nitrogens with zero attached hydrogens (tertiary/aromatic N) is 4. The summed E-state index contributed by atoms with van der Waals surface area (Å²) in [6, 6.07) is 7.50. The van der Waals surface area contributed by atoms with Crippen molar-refractivity contribution in [2.45, 2.75) is 110 Å². The molecule has 0 radical (unpaired) electrons. The molecule has 10 heteroatoms. The summed E-state index contributed by atoms with van der Waals surface area (Å²) in [6.45, 7) is 7.20. The maximum atomic E-state index is 13.2. The summed E-state index contributed by atoms with van der Waals surface area (Å²) in [5.41, 5.74) is 5.17. The van der Waals surface area contributed by atoms with Crippen molar-refractivity contribution in [3.8, 4) is 0 Å². The van der Waals surface area contributed by atoms with Crippen molar-refractivity contribution in [3.05, 3.63) is 47.3 Å². The monoisotopic (exact) mass is 619 g/mol. The van der Waals surface area contributed by atoms with Gasteiger partial charge in [-0.15, -0.1) is 0 Å². The van der Waals surface area contributed by atoms with Gasteiger partial charge in [0, 0.05) is 54.6 Å². The van der Waals surface area contributed by atoms with Gasteiger partial charge in [-0.2, -0.15) is 5.10 Å². The summed E-state index contributed by atoms with van der Waals surface area (Å²) < 4.78 is 1.94. The molecule has 1 aliphatic carbocycles. The molecule has 4 rings (SSSR count). The molecule has 1 fully saturated rings. The summed E-state index contributed by atoms with van der Waals surface area (Å²) >= 11 is 0. The summed E-state index contributed by atoms with van der Waals surface area (Å²) in [6.07, 6.45) is 14.4. The molecule has 1 aliphatic rings. The number of benzene rings is 1. The maximum absolute atomic E-state index is 13.2. The van der Waals surface area contributed by atoms with Crippen molar-refractivity contribution >= 4 is 34.2 Å². The van der Waals surface area contributed by atoms with E-state index in [0.717, 1.165) is 92.4 Å². The van der Waals surface area contributed by atoms with Gasteiger partial charge in [-0.3, -0.25) is 9.59 Å². The predicted molar refractivity (Wildman–Crippen MR) is 182 cm³/mol. The number of fused-ring (bicyclic) bond motifs is 1. The first-order valence-corrected chi connectivity index (χ1v) is 17.0. The molecule has 0 saturated heterocycles. The van der Waals surface area contributed by atoms with Gasteiger partial charge in [0.1, 0.15) is 0 Å². The summed E-state index contributed by atoms with van der Waals surface area (Å²) in [7, 11) is 2.02. The van der Waals surface area contributed by atoms with Crippen molar-refractivity contribution in [1.82, 2.24) is 25.0 Å². The number of anilines is 2. The van der Waals surface area contributed by atoms with Gasteiger partial charge in [-0.1, -0.05) is 45.4 Å². The Morgan fingerprint density at radius 2 is 1.73 bits per heavy atom. The van der Waals surface area contributed by atoms with Crippen LogP contribution in [0.3, 0.4) is 0 Å². The van der Waals surface area contributed by atoms with Crippen molar-refractivity contribution in [2.24, 2.45) is 0 Å². The van der Waals surface area contributed by atoms with Crippen LogP contribution in [0.25, 0.3) is 11.0 Å². The molecule has 2 amide bonds. The molecule has 0 spiro atoms. The van der Waals surface area contributed by atoms with Crippen LogP contribution in [0.2, 0.25) is 0 Å². The molecule has 1 aromatic carbocycles.